The largest absolute Gasteiger partial charge is 0.384 e. The van der Waals surface area contributed by atoms with Crippen LogP contribution in [0.25, 0.3) is 0 Å². The zero-order valence-electron chi connectivity index (χ0n) is 9.58. The van der Waals surface area contributed by atoms with E-state index in [0.717, 1.165) is 11.3 Å². The van der Waals surface area contributed by atoms with Crippen LogP contribution in [-0.2, 0) is 11.3 Å². The van der Waals surface area contributed by atoms with Crippen molar-refractivity contribution in [3.05, 3.63) is 42.2 Å². The zero-order chi connectivity index (χ0) is 12.3. The topological polar surface area (TPSA) is 32.3 Å². The molecule has 1 heterocycles. The van der Waals surface area contributed by atoms with Gasteiger partial charge in [0.15, 0.2) is 0 Å². The minimum absolute atomic E-state index is 0.0623. The van der Waals surface area contributed by atoms with Crippen molar-refractivity contribution in [3.8, 4) is 0 Å². The lowest BCUT2D eigenvalue weighted by Crippen LogP contribution is -2.34. The van der Waals surface area contributed by atoms with Crippen LogP contribution in [0.15, 0.2) is 30.9 Å². The van der Waals surface area contributed by atoms with E-state index in [-0.39, 0.29) is 11.7 Å². The van der Waals surface area contributed by atoms with E-state index < -0.39 is 0 Å². The molecule has 0 aliphatic carbocycles. The minimum Gasteiger partial charge on any atom is -0.384 e. The molecule has 0 bridgehead atoms. The standard InChI is InChI=1S/C13H15FN2O/c1-2-7-16-9-10-8-11(14)3-4-12(10)15-6-5-13(16)17/h2-4,8,15H,1,5-7,9H2. The van der Waals surface area contributed by atoms with Crippen molar-refractivity contribution in [1.29, 1.82) is 0 Å². The zero-order valence-corrected chi connectivity index (χ0v) is 9.58. The van der Waals surface area contributed by atoms with E-state index in [0.29, 0.717) is 26.1 Å². The van der Waals surface area contributed by atoms with Crippen LogP contribution in [0.2, 0.25) is 0 Å². The van der Waals surface area contributed by atoms with Gasteiger partial charge in [-0.15, -0.1) is 6.58 Å². The van der Waals surface area contributed by atoms with Crippen molar-refractivity contribution >= 4 is 11.6 Å². The second kappa shape index (κ2) is 4.99. The predicted octanol–water partition coefficient (Wildman–Crippen LogP) is 2.16. The minimum atomic E-state index is -0.280. The molecule has 1 aromatic carbocycles. The second-order valence-electron chi connectivity index (χ2n) is 4.04. The maximum atomic E-state index is 13.2. The monoisotopic (exact) mass is 234 g/mol. The first-order valence-corrected chi connectivity index (χ1v) is 5.61. The van der Waals surface area contributed by atoms with Gasteiger partial charge in [-0.05, 0) is 23.8 Å². The van der Waals surface area contributed by atoms with E-state index in [4.69, 9.17) is 0 Å². The summed E-state index contributed by atoms with van der Waals surface area (Å²) in [6.45, 7) is 5.12. The molecule has 0 saturated carbocycles. The maximum Gasteiger partial charge on any atom is 0.224 e. The molecule has 1 aliphatic rings. The molecule has 3 nitrogen and oxygen atoms in total. The molecule has 1 aliphatic heterocycles. The van der Waals surface area contributed by atoms with E-state index in [1.165, 1.54) is 12.1 Å². The van der Waals surface area contributed by atoms with Gasteiger partial charge in [0.25, 0.3) is 0 Å². The highest BCUT2D eigenvalue weighted by Gasteiger charge is 2.17. The lowest BCUT2D eigenvalue weighted by Gasteiger charge is -2.26. The summed E-state index contributed by atoms with van der Waals surface area (Å²) in [5.74, 6) is -0.218. The van der Waals surface area contributed by atoms with E-state index in [9.17, 15) is 9.18 Å². The van der Waals surface area contributed by atoms with Gasteiger partial charge in [0.1, 0.15) is 5.82 Å². The van der Waals surface area contributed by atoms with Crippen molar-refractivity contribution < 1.29 is 9.18 Å². The second-order valence-corrected chi connectivity index (χ2v) is 4.04. The summed E-state index contributed by atoms with van der Waals surface area (Å²) in [6, 6.07) is 4.61. The Morgan fingerprint density at radius 3 is 3.12 bits per heavy atom. The number of hydrogen-bond acceptors (Lipinski definition) is 2. The van der Waals surface area contributed by atoms with Crippen LogP contribution in [-0.4, -0.2) is 23.9 Å². The molecule has 0 aromatic heterocycles. The molecule has 2 rings (SSSR count). The molecule has 90 valence electrons. The molecule has 0 unspecified atom stereocenters. The molecular formula is C13H15FN2O. The van der Waals surface area contributed by atoms with E-state index in [1.54, 1.807) is 17.0 Å². The smallest absolute Gasteiger partial charge is 0.224 e. The summed E-state index contributed by atoms with van der Waals surface area (Å²) < 4.78 is 13.2. The van der Waals surface area contributed by atoms with E-state index in [1.807, 2.05) is 0 Å². The van der Waals surface area contributed by atoms with Gasteiger partial charge in [0.05, 0.1) is 0 Å². The Kier molecular flexibility index (Phi) is 3.42. The lowest BCUT2D eigenvalue weighted by molar-refractivity contribution is -0.131. The van der Waals surface area contributed by atoms with Gasteiger partial charge in [0.2, 0.25) is 5.91 Å². The maximum absolute atomic E-state index is 13.2. The number of amides is 1. The summed E-state index contributed by atoms with van der Waals surface area (Å²) >= 11 is 0. The van der Waals surface area contributed by atoms with Gasteiger partial charge in [-0.25, -0.2) is 4.39 Å². The number of halogens is 1. The Balaban J connectivity index is 2.30. The molecule has 0 atom stereocenters. The van der Waals surface area contributed by atoms with Crippen LogP contribution in [0.5, 0.6) is 0 Å². The van der Waals surface area contributed by atoms with Gasteiger partial charge in [-0.2, -0.15) is 0 Å². The number of carbonyl (C=O) groups excluding carboxylic acids is 1. The highest BCUT2D eigenvalue weighted by atomic mass is 19.1. The molecule has 0 saturated heterocycles. The number of hydrogen-bond donors (Lipinski definition) is 1. The Morgan fingerprint density at radius 1 is 1.53 bits per heavy atom. The van der Waals surface area contributed by atoms with Crippen LogP contribution < -0.4 is 5.32 Å². The molecule has 0 radical (unpaired) electrons. The van der Waals surface area contributed by atoms with Gasteiger partial charge in [-0.1, -0.05) is 6.08 Å². The number of benzene rings is 1. The summed E-state index contributed by atoms with van der Waals surface area (Å²) in [5, 5.41) is 3.15. The van der Waals surface area contributed by atoms with Gasteiger partial charge in [0, 0.05) is 31.7 Å². The fourth-order valence-corrected chi connectivity index (χ4v) is 1.94. The SMILES string of the molecule is C=CCN1Cc2cc(F)ccc2NCCC1=O. The van der Waals surface area contributed by atoms with Crippen molar-refractivity contribution in [2.24, 2.45) is 0 Å². The molecular weight excluding hydrogens is 219 g/mol. The summed E-state index contributed by atoms with van der Waals surface area (Å²) in [5.41, 5.74) is 1.70. The average molecular weight is 234 g/mol. The van der Waals surface area contributed by atoms with Crippen LogP contribution in [0.1, 0.15) is 12.0 Å². The molecule has 4 heteroatoms. The number of fused-ring (bicyclic) bond motifs is 1. The third kappa shape index (κ3) is 2.64. The third-order valence-electron chi connectivity index (χ3n) is 2.79. The summed E-state index contributed by atoms with van der Waals surface area (Å²) in [6.07, 6.45) is 2.14. The quantitative estimate of drug-likeness (QED) is 0.795. The summed E-state index contributed by atoms with van der Waals surface area (Å²) in [4.78, 5) is 13.5. The first-order chi connectivity index (χ1) is 8.20. The number of anilines is 1. The Morgan fingerprint density at radius 2 is 2.35 bits per heavy atom. The number of nitrogens with one attached hydrogen (secondary N) is 1. The fraction of sp³-hybridized carbons (Fsp3) is 0.308. The lowest BCUT2D eigenvalue weighted by atomic mass is 10.1. The van der Waals surface area contributed by atoms with Crippen molar-refractivity contribution in [3.63, 3.8) is 0 Å². The molecule has 0 spiro atoms. The first-order valence-electron chi connectivity index (χ1n) is 5.61. The number of carbonyl (C=O) groups is 1. The van der Waals surface area contributed by atoms with E-state index in [2.05, 4.69) is 11.9 Å². The first kappa shape index (κ1) is 11.6. The highest BCUT2D eigenvalue weighted by Crippen LogP contribution is 2.21. The van der Waals surface area contributed by atoms with Crippen LogP contribution >= 0.6 is 0 Å². The van der Waals surface area contributed by atoms with Gasteiger partial charge in [-0.3, -0.25) is 4.79 Å². The van der Waals surface area contributed by atoms with Gasteiger partial charge >= 0.3 is 0 Å². The average Bonchev–Trinajstić information content (AvgIpc) is 2.29. The molecule has 1 amide bonds. The highest BCUT2D eigenvalue weighted by molar-refractivity contribution is 5.78. The Labute approximate surface area is 99.9 Å². The molecule has 1 N–H and O–H groups in total. The van der Waals surface area contributed by atoms with E-state index >= 15 is 0 Å². The fourth-order valence-electron chi connectivity index (χ4n) is 1.94. The van der Waals surface area contributed by atoms with Crippen molar-refractivity contribution in [1.82, 2.24) is 4.90 Å². The molecule has 0 fully saturated rings. The van der Waals surface area contributed by atoms with Gasteiger partial charge < -0.3 is 10.2 Å². The number of rotatable bonds is 2. The van der Waals surface area contributed by atoms with Crippen molar-refractivity contribution in [2.45, 2.75) is 13.0 Å². The molecule has 1 aromatic rings. The Hall–Kier alpha value is -1.84. The van der Waals surface area contributed by atoms with Crippen molar-refractivity contribution in [2.75, 3.05) is 18.4 Å². The third-order valence-corrected chi connectivity index (χ3v) is 2.79. The Bertz CT molecular complexity index is 445. The van der Waals surface area contributed by atoms with Crippen LogP contribution in [0, 0.1) is 5.82 Å². The molecule has 17 heavy (non-hydrogen) atoms. The van der Waals surface area contributed by atoms with Crippen LogP contribution in [0.3, 0.4) is 0 Å². The van der Waals surface area contributed by atoms with Crippen LogP contribution in [0.4, 0.5) is 10.1 Å². The predicted molar refractivity (Wildman–Crippen MR) is 65.1 cm³/mol. The normalized spacial score (nSPS) is 15.6. The summed E-state index contributed by atoms with van der Waals surface area (Å²) in [7, 11) is 0. The number of nitrogens with zero attached hydrogens (tertiary/aromatic N) is 1.